The molecule has 2 aliphatic heterocycles. The Bertz CT molecular complexity index is 1160. The van der Waals surface area contributed by atoms with E-state index in [0.29, 0.717) is 18.0 Å². The lowest BCUT2D eigenvalue weighted by atomic mass is 9.95. The molecule has 0 amide bonds. The number of aromatic nitrogens is 5. The van der Waals surface area contributed by atoms with E-state index in [-0.39, 0.29) is 17.7 Å². The van der Waals surface area contributed by atoms with E-state index in [1.165, 1.54) is 17.5 Å². The molecule has 0 bridgehead atoms. The number of nitrogens with one attached hydrogen (secondary N) is 1. The zero-order valence-electron chi connectivity index (χ0n) is 19.2. The number of piperidine rings is 1. The Kier molecular flexibility index (Phi) is 5.82. The van der Waals surface area contributed by atoms with E-state index in [4.69, 9.17) is 4.74 Å². The van der Waals surface area contributed by atoms with Gasteiger partial charge in [0.05, 0.1) is 12.6 Å². The second-order valence-electron chi connectivity index (χ2n) is 9.58. The second-order valence-corrected chi connectivity index (χ2v) is 9.58. The van der Waals surface area contributed by atoms with Crippen LogP contribution in [0.1, 0.15) is 61.2 Å². The minimum atomic E-state index is -0.288. The standard InChI is InChI=1S/C24H32N6O2/c1-15-6-4-8-29(13-15)22(23-26-27-28-30(23)14-19-7-5-9-32-19)20-12-18-10-16(2)17(3)11-21(18)25-24(20)31/h10-12,15,19,22H,4-9,13-14H2,1-3H3,(H,25,31)/t15-,19-,22-/m1/s1. The van der Waals surface area contributed by atoms with Crippen molar-refractivity contribution in [2.75, 3.05) is 19.7 Å². The molecule has 0 spiro atoms. The first-order valence-corrected chi connectivity index (χ1v) is 11.8. The molecule has 0 radical (unpaired) electrons. The van der Waals surface area contributed by atoms with Gasteiger partial charge in [-0.3, -0.25) is 9.69 Å². The number of aryl methyl sites for hydroxylation is 2. The van der Waals surface area contributed by atoms with Gasteiger partial charge in [-0.2, -0.15) is 0 Å². The van der Waals surface area contributed by atoms with Gasteiger partial charge in [-0.1, -0.05) is 6.92 Å². The number of likely N-dealkylation sites (tertiary alicyclic amines) is 1. The molecule has 4 heterocycles. The molecule has 3 aromatic rings. The summed E-state index contributed by atoms with van der Waals surface area (Å²) in [6, 6.07) is 5.95. The molecule has 3 atom stereocenters. The van der Waals surface area contributed by atoms with Gasteiger partial charge in [-0.05, 0) is 97.1 Å². The van der Waals surface area contributed by atoms with Gasteiger partial charge in [0.25, 0.3) is 5.56 Å². The van der Waals surface area contributed by atoms with Crippen molar-refractivity contribution < 1.29 is 4.74 Å². The molecule has 1 aromatic carbocycles. The largest absolute Gasteiger partial charge is 0.376 e. The zero-order valence-corrected chi connectivity index (χ0v) is 19.2. The fourth-order valence-electron chi connectivity index (χ4n) is 5.17. The number of pyridine rings is 1. The van der Waals surface area contributed by atoms with Crippen molar-refractivity contribution in [3.05, 3.63) is 51.1 Å². The maximum Gasteiger partial charge on any atom is 0.253 e. The van der Waals surface area contributed by atoms with E-state index >= 15 is 0 Å². The smallest absolute Gasteiger partial charge is 0.253 e. The third-order valence-electron chi connectivity index (χ3n) is 7.04. The molecule has 170 valence electrons. The first kappa shape index (κ1) is 21.3. The van der Waals surface area contributed by atoms with Crippen molar-refractivity contribution in [1.82, 2.24) is 30.1 Å². The van der Waals surface area contributed by atoms with Crippen LogP contribution in [0.15, 0.2) is 23.0 Å². The van der Waals surface area contributed by atoms with Gasteiger partial charge in [0.1, 0.15) is 6.04 Å². The van der Waals surface area contributed by atoms with Gasteiger partial charge in [0, 0.05) is 24.2 Å². The Hall–Kier alpha value is -2.58. The summed E-state index contributed by atoms with van der Waals surface area (Å²) in [6.07, 6.45) is 4.52. The molecule has 2 saturated heterocycles. The Balaban J connectivity index is 1.61. The summed E-state index contributed by atoms with van der Waals surface area (Å²) in [7, 11) is 0. The van der Waals surface area contributed by atoms with Crippen LogP contribution in [-0.4, -0.2) is 55.9 Å². The average molecular weight is 437 g/mol. The summed E-state index contributed by atoms with van der Waals surface area (Å²) in [4.78, 5) is 18.9. The van der Waals surface area contributed by atoms with Crippen molar-refractivity contribution >= 4 is 10.9 Å². The van der Waals surface area contributed by atoms with Gasteiger partial charge in [0.15, 0.2) is 5.82 Å². The van der Waals surface area contributed by atoms with E-state index in [9.17, 15) is 4.79 Å². The number of hydrogen-bond donors (Lipinski definition) is 1. The predicted molar refractivity (Wildman–Crippen MR) is 123 cm³/mol. The highest BCUT2D eigenvalue weighted by Crippen LogP contribution is 2.31. The normalized spacial score (nSPS) is 23.1. The molecule has 2 fully saturated rings. The molecule has 5 rings (SSSR count). The number of benzene rings is 1. The zero-order chi connectivity index (χ0) is 22.2. The van der Waals surface area contributed by atoms with Crippen molar-refractivity contribution in [2.24, 2.45) is 5.92 Å². The Morgan fingerprint density at radius 3 is 2.81 bits per heavy atom. The molecule has 2 aromatic heterocycles. The van der Waals surface area contributed by atoms with Crippen LogP contribution in [0.3, 0.4) is 0 Å². The fourth-order valence-corrected chi connectivity index (χ4v) is 5.17. The van der Waals surface area contributed by atoms with Crippen molar-refractivity contribution in [1.29, 1.82) is 0 Å². The topological polar surface area (TPSA) is 88.9 Å². The monoisotopic (exact) mass is 436 g/mol. The summed E-state index contributed by atoms with van der Waals surface area (Å²) >= 11 is 0. The van der Waals surface area contributed by atoms with Crippen LogP contribution in [0.4, 0.5) is 0 Å². The van der Waals surface area contributed by atoms with Gasteiger partial charge in [0.2, 0.25) is 0 Å². The van der Waals surface area contributed by atoms with Crippen LogP contribution in [0, 0.1) is 19.8 Å². The molecular formula is C24H32N6O2. The average Bonchev–Trinajstić information content (AvgIpc) is 3.43. The third kappa shape index (κ3) is 4.09. The van der Waals surface area contributed by atoms with E-state index in [0.717, 1.165) is 55.7 Å². The molecule has 32 heavy (non-hydrogen) atoms. The van der Waals surface area contributed by atoms with E-state index in [1.807, 2.05) is 10.7 Å². The minimum Gasteiger partial charge on any atom is -0.376 e. The maximum atomic E-state index is 13.4. The number of nitrogens with zero attached hydrogens (tertiary/aromatic N) is 5. The highest BCUT2D eigenvalue weighted by molar-refractivity contribution is 5.81. The van der Waals surface area contributed by atoms with Crippen LogP contribution in [0.25, 0.3) is 10.9 Å². The van der Waals surface area contributed by atoms with Crippen LogP contribution in [0.2, 0.25) is 0 Å². The summed E-state index contributed by atoms with van der Waals surface area (Å²) in [5.74, 6) is 1.29. The number of rotatable bonds is 5. The van der Waals surface area contributed by atoms with Gasteiger partial charge in [-0.15, -0.1) is 5.10 Å². The second kappa shape index (κ2) is 8.75. The number of ether oxygens (including phenoxy) is 1. The lowest BCUT2D eigenvalue weighted by Gasteiger charge is -2.36. The molecular weight excluding hydrogens is 404 g/mol. The van der Waals surface area contributed by atoms with E-state index < -0.39 is 0 Å². The first-order valence-electron chi connectivity index (χ1n) is 11.8. The molecule has 1 N–H and O–H groups in total. The van der Waals surface area contributed by atoms with E-state index in [2.05, 4.69) is 58.3 Å². The van der Waals surface area contributed by atoms with Crippen molar-refractivity contribution in [2.45, 2.75) is 65.1 Å². The summed E-state index contributed by atoms with van der Waals surface area (Å²) in [5.41, 5.74) is 3.88. The highest BCUT2D eigenvalue weighted by Gasteiger charge is 2.33. The quantitative estimate of drug-likeness (QED) is 0.661. The van der Waals surface area contributed by atoms with E-state index in [1.54, 1.807) is 0 Å². The summed E-state index contributed by atoms with van der Waals surface area (Å²) < 4.78 is 7.69. The number of fused-ring (bicyclic) bond motifs is 1. The van der Waals surface area contributed by atoms with Crippen LogP contribution >= 0.6 is 0 Å². The predicted octanol–water partition coefficient (Wildman–Crippen LogP) is 3.13. The highest BCUT2D eigenvalue weighted by atomic mass is 16.5. The Labute approximate surface area is 188 Å². The number of hydrogen-bond acceptors (Lipinski definition) is 6. The number of aromatic amines is 1. The van der Waals surface area contributed by atoms with Gasteiger partial charge in [-0.25, -0.2) is 4.68 Å². The maximum absolute atomic E-state index is 13.4. The number of tetrazole rings is 1. The van der Waals surface area contributed by atoms with Crippen LogP contribution < -0.4 is 5.56 Å². The molecule has 2 aliphatic rings. The minimum absolute atomic E-state index is 0.0735. The lowest BCUT2D eigenvalue weighted by molar-refractivity contribution is 0.0889. The van der Waals surface area contributed by atoms with Gasteiger partial charge < -0.3 is 9.72 Å². The third-order valence-corrected chi connectivity index (χ3v) is 7.04. The molecule has 8 nitrogen and oxygen atoms in total. The summed E-state index contributed by atoms with van der Waals surface area (Å²) in [6.45, 7) is 9.69. The SMILES string of the molecule is Cc1cc2cc([C@H](c3nnnn3C[C@H]3CCCO3)N3CCC[C@@H](C)C3)c(=O)[nH]c2cc1C. The van der Waals surface area contributed by atoms with Gasteiger partial charge >= 0.3 is 0 Å². The first-order chi connectivity index (χ1) is 15.5. The van der Waals surface area contributed by atoms with Crippen LogP contribution in [0.5, 0.6) is 0 Å². The van der Waals surface area contributed by atoms with Crippen LogP contribution in [-0.2, 0) is 11.3 Å². The fraction of sp³-hybridized carbons (Fsp3) is 0.583. The molecule has 0 unspecified atom stereocenters. The number of H-pyrrole nitrogens is 1. The molecule has 8 heteroatoms. The lowest BCUT2D eigenvalue weighted by Crippen LogP contribution is -2.41. The van der Waals surface area contributed by atoms with Crippen molar-refractivity contribution in [3.8, 4) is 0 Å². The Morgan fingerprint density at radius 2 is 2.03 bits per heavy atom. The Morgan fingerprint density at radius 1 is 1.19 bits per heavy atom. The molecule has 0 saturated carbocycles. The molecule has 0 aliphatic carbocycles. The van der Waals surface area contributed by atoms with Crippen molar-refractivity contribution in [3.63, 3.8) is 0 Å². The summed E-state index contributed by atoms with van der Waals surface area (Å²) in [5, 5.41) is 13.8.